The molecule has 0 aliphatic carbocycles. The lowest BCUT2D eigenvalue weighted by Gasteiger charge is -2.23. The number of primary amides is 1. The Kier molecular flexibility index (Phi) is 6.03. The Morgan fingerprint density at radius 2 is 1.65 bits per heavy atom. The van der Waals surface area contributed by atoms with Crippen LogP contribution in [-0.2, 0) is 4.79 Å². The Balaban J connectivity index is 2.08. The molecular weight excluding hydrogens is 328 g/mol. The van der Waals surface area contributed by atoms with Crippen LogP contribution in [0.3, 0.4) is 0 Å². The maximum atomic E-state index is 12.6. The molecule has 1 atom stereocenters. The molecule has 2 aromatic rings. The van der Waals surface area contributed by atoms with Crippen LogP contribution in [0.25, 0.3) is 0 Å². The van der Waals surface area contributed by atoms with Gasteiger partial charge in [-0.2, -0.15) is 0 Å². The smallest absolute Gasteiger partial charge is 0.267 e. The molecule has 2 amide bonds. The van der Waals surface area contributed by atoms with Gasteiger partial charge in [0.25, 0.3) is 5.91 Å². The highest BCUT2D eigenvalue weighted by Gasteiger charge is 2.21. The van der Waals surface area contributed by atoms with Gasteiger partial charge in [-0.05, 0) is 67.3 Å². The third kappa shape index (κ3) is 4.42. The summed E-state index contributed by atoms with van der Waals surface area (Å²) in [5, 5.41) is 0. The number of ether oxygens (including phenoxy) is 1. The van der Waals surface area contributed by atoms with Crippen LogP contribution >= 0.6 is 0 Å². The van der Waals surface area contributed by atoms with Gasteiger partial charge in [0, 0.05) is 18.3 Å². The first kappa shape index (κ1) is 19.5. The number of hydrogen-bond donors (Lipinski definition) is 1. The van der Waals surface area contributed by atoms with E-state index in [0.717, 1.165) is 5.56 Å². The molecule has 2 N–H and O–H groups in total. The molecule has 5 heteroatoms. The molecule has 0 aromatic heterocycles. The summed E-state index contributed by atoms with van der Waals surface area (Å²) in [6.45, 7) is 8.06. The number of hydrogen-bond acceptors (Lipinski definition) is 3. The molecule has 5 nitrogen and oxygen atoms in total. The summed E-state index contributed by atoms with van der Waals surface area (Å²) in [6, 6.07) is 12.5. The normalized spacial score (nSPS) is 11.9. The third-order valence-corrected chi connectivity index (χ3v) is 4.39. The van der Waals surface area contributed by atoms with E-state index in [0.29, 0.717) is 22.9 Å². The molecule has 0 radical (unpaired) electrons. The summed E-state index contributed by atoms with van der Waals surface area (Å²) in [4.78, 5) is 25.3. The molecule has 138 valence electrons. The summed E-state index contributed by atoms with van der Waals surface area (Å²) in [5.41, 5.74) is 8.72. The van der Waals surface area contributed by atoms with Crippen molar-refractivity contribution in [3.8, 4) is 5.75 Å². The van der Waals surface area contributed by atoms with Crippen LogP contribution in [0, 0.1) is 6.92 Å². The molecule has 26 heavy (non-hydrogen) atoms. The van der Waals surface area contributed by atoms with Gasteiger partial charge in [0.2, 0.25) is 5.91 Å². The molecule has 0 heterocycles. The number of carbonyl (C=O) groups excluding carboxylic acids is 2. The molecular formula is C21H26N2O3. The fourth-order valence-corrected chi connectivity index (χ4v) is 2.87. The topological polar surface area (TPSA) is 72.6 Å². The van der Waals surface area contributed by atoms with E-state index in [2.05, 4.69) is 13.8 Å². The zero-order valence-electron chi connectivity index (χ0n) is 15.9. The van der Waals surface area contributed by atoms with Crippen molar-refractivity contribution >= 4 is 17.5 Å². The average Bonchev–Trinajstić information content (AvgIpc) is 2.60. The van der Waals surface area contributed by atoms with Crippen LogP contribution < -0.4 is 15.4 Å². The van der Waals surface area contributed by atoms with Gasteiger partial charge in [-0.1, -0.05) is 19.9 Å². The second kappa shape index (κ2) is 8.04. The standard InChI is InChI=1S/C21H26N2O3/c1-13(2)19-11-10-18(12-14(19)3)26-15(4)21(25)23(5)17-8-6-16(7-9-17)20(22)24/h6-13,15H,1-5H3,(H2,22,24). The maximum Gasteiger partial charge on any atom is 0.267 e. The number of aryl methyl sites for hydroxylation is 1. The Morgan fingerprint density at radius 3 is 2.15 bits per heavy atom. The van der Waals surface area contributed by atoms with Crippen molar-refractivity contribution in [2.45, 2.75) is 39.7 Å². The predicted molar refractivity (Wildman–Crippen MR) is 104 cm³/mol. The molecule has 1 unspecified atom stereocenters. The minimum atomic E-state index is -0.639. The van der Waals surface area contributed by atoms with Crippen LogP contribution in [-0.4, -0.2) is 25.0 Å². The lowest BCUT2D eigenvalue weighted by molar-refractivity contribution is -0.124. The fourth-order valence-electron chi connectivity index (χ4n) is 2.87. The summed E-state index contributed by atoms with van der Waals surface area (Å²) in [7, 11) is 1.68. The molecule has 0 fully saturated rings. The first-order valence-electron chi connectivity index (χ1n) is 8.65. The molecule has 2 rings (SSSR count). The van der Waals surface area contributed by atoms with Crippen molar-refractivity contribution in [3.05, 3.63) is 59.2 Å². The van der Waals surface area contributed by atoms with Gasteiger partial charge in [0.05, 0.1) is 0 Å². The number of nitrogens with zero attached hydrogens (tertiary/aromatic N) is 1. The minimum absolute atomic E-state index is 0.178. The number of rotatable bonds is 6. The third-order valence-electron chi connectivity index (χ3n) is 4.39. The fraction of sp³-hybridized carbons (Fsp3) is 0.333. The molecule has 0 aliphatic heterocycles. The highest BCUT2D eigenvalue weighted by atomic mass is 16.5. The number of amides is 2. The molecule has 0 bridgehead atoms. The van der Waals surface area contributed by atoms with Crippen molar-refractivity contribution in [2.75, 3.05) is 11.9 Å². The van der Waals surface area contributed by atoms with Crippen molar-refractivity contribution in [3.63, 3.8) is 0 Å². The van der Waals surface area contributed by atoms with Crippen LogP contribution in [0.4, 0.5) is 5.69 Å². The number of benzene rings is 2. The van der Waals surface area contributed by atoms with E-state index in [1.54, 1.807) is 38.2 Å². The van der Waals surface area contributed by atoms with E-state index in [-0.39, 0.29) is 5.91 Å². The van der Waals surface area contributed by atoms with Crippen LogP contribution in [0.5, 0.6) is 5.75 Å². The minimum Gasteiger partial charge on any atom is -0.481 e. The second-order valence-electron chi connectivity index (χ2n) is 6.74. The molecule has 0 saturated heterocycles. The Labute approximate surface area is 154 Å². The zero-order valence-corrected chi connectivity index (χ0v) is 15.9. The summed E-state index contributed by atoms with van der Waals surface area (Å²) in [6.07, 6.45) is -0.639. The highest BCUT2D eigenvalue weighted by molar-refractivity contribution is 5.97. The second-order valence-corrected chi connectivity index (χ2v) is 6.74. The summed E-state index contributed by atoms with van der Waals surface area (Å²) >= 11 is 0. The summed E-state index contributed by atoms with van der Waals surface area (Å²) < 4.78 is 5.83. The summed E-state index contributed by atoms with van der Waals surface area (Å²) in [5.74, 6) is 0.438. The van der Waals surface area contributed by atoms with Crippen molar-refractivity contribution in [1.29, 1.82) is 0 Å². The number of nitrogens with two attached hydrogens (primary N) is 1. The quantitative estimate of drug-likeness (QED) is 0.860. The molecule has 0 spiro atoms. The van der Waals surface area contributed by atoms with Gasteiger partial charge in [0.1, 0.15) is 5.75 Å². The average molecular weight is 354 g/mol. The van der Waals surface area contributed by atoms with Crippen LogP contribution in [0.15, 0.2) is 42.5 Å². The number of likely N-dealkylation sites (N-methyl/N-ethyl adjacent to an activating group) is 1. The van der Waals surface area contributed by atoms with Gasteiger partial charge in [-0.3, -0.25) is 9.59 Å². The maximum absolute atomic E-state index is 12.6. The largest absolute Gasteiger partial charge is 0.481 e. The first-order chi connectivity index (χ1) is 12.2. The lowest BCUT2D eigenvalue weighted by atomic mass is 9.98. The zero-order chi connectivity index (χ0) is 19.4. The van der Waals surface area contributed by atoms with Gasteiger partial charge in [0.15, 0.2) is 6.10 Å². The lowest BCUT2D eigenvalue weighted by Crippen LogP contribution is -2.38. The van der Waals surface area contributed by atoms with Gasteiger partial charge >= 0.3 is 0 Å². The Hall–Kier alpha value is -2.82. The van der Waals surface area contributed by atoms with E-state index in [4.69, 9.17) is 10.5 Å². The van der Waals surface area contributed by atoms with Crippen LogP contribution in [0.1, 0.15) is 48.2 Å². The van der Waals surface area contributed by atoms with E-state index in [1.165, 1.54) is 10.5 Å². The van der Waals surface area contributed by atoms with E-state index in [9.17, 15) is 9.59 Å². The van der Waals surface area contributed by atoms with Gasteiger partial charge in [-0.25, -0.2) is 0 Å². The first-order valence-corrected chi connectivity index (χ1v) is 8.65. The highest BCUT2D eigenvalue weighted by Crippen LogP contribution is 2.24. The van der Waals surface area contributed by atoms with E-state index in [1.807, 2.05) is 25.1 Å². The van der Waals surface area contributed by atoms with Gasteiger partial charge < -0.3 is 15.4 Å². The van der Waals surface area contributed by atoms with Crippen LogP contribution in [0.2, 0.25) is 0 Å². The number of carbonyl (C=O) groups is 2. The van der Waals surface area contributed by atoms with Gasteiger partial charge in [-0.15, -0.1) is 0 Å². The Bertz CT molecular complexity index is 797. The predicted octanol–water partition coefficient (Wildman–Crippen LogP) is 3.65. The Morgan fingerprint density at radius 1 is 1.04 bits per heavy atom. The molecule has 0 aliphatic rings. The number of anilines is 1. The van der Waals surface area contributed by atoms with E-state index < -0.39 is 12.0 Å². The van der Waals surface area contributed by atoms with E-state index >= 15 is 0 Å². The monoisotopic (exact) mass is 354 g/mol. The van der Waals surface area contributed by atoms with Crippen molar-refractivity contribution in [1.82, 2.24) is 0 Å². The van der Waals surface area contributed by atoms with Crippen molar-refractivity contribution in [2.24, 2.45) is 5.73 Å². The van der Waals surface area contributed by atoms with Crippen molar-refractivity contribution < 1.29 is 14.3 Å². The molecule has 2 aromatic carbocycles. The SMILES string of the molecule is Cc1cc(OC(C)C(=O)N(C)c2ccc(C(N)=O)cc2)ccc1C(C)C. The molecule has 0 saturated carbocycles.